The molecular formula is C11H15NO2S. The monoisotopic (exact) mass is 225 g/mol. The summed E-state index contributed by atoms with van der Waals surface area (Å²) in [6.07, 6.45) is 3.58. The van der Waals surface area contributed by atoms with Crippen LogP contribution < -0.4 is 5.32 Å². The Morgan fingerprint density at radius 1 is 1.20 bits per heavy atom. The molecule has 1 aliphatic carbocycles. The molecule has 0 heterocycles. The van der Waals surface area contributed by atoms with Crippen LogP contribution >= 0.6 is 0 Å². The van der Waals surface area contributed by atoms with E-state index in [9.17, 15) is 8.42 Å². The van der Waals surface area contributed by atoms with Crippen LogP contribution in [0.4, 0.5) is 5.69 Å². The molecule has 2 rings (SSSR count). The lowest BCUT2D eigenvalue weighted by Crippen LogP contribution is -2.15. The zero-order chi connectivity index (χ0) is 11.1. The zero-order valence-corrected chi connectivity index (χ0v) is 9.76. The van der Waals surface area contributed by atoms with Crippen LogP contribution in [-0.2, 0) is 9.84 Å². The second-order valence-electron chi connectivity index (χ2n) is 4.48. The highest BCUT2D eigenvalue weighted by molar-refractivity contribution is 7.90. The predicted molar refractivity (Wildman–Crippen MR) is 60.8 cm³/mol. The summed E-state index contributed by atoms with van der Waals surface area (Å²) in [6, 6.07) is 6.92. The van der Waals surface area contributed by atoms with Crippen molar-refractivity contribution in [2.24, 2.45) is 0 Å². The second-order valence-corrected chi connectivity index (χ2v) is 6.50. The third-order valence-electron chi connectivity index (χ3n) is 2.73. The van der Waals surface area contributed by atoms with Gasteiger partial charge in [0.2, 0.25) is 0 Å². The van der Waals surface area contributed by atoms with Gasteiger partial charge in [-0.3, -0.25) is 0 Å². The molecule has 0 spiro atoms. The first-order chi connectivity index (χ1) is 6.89. The number of nitrogens with one attached hydrogen (secondary N) is 1. The van der Waals surface area contributed by atoms with Crippen molar-refractivity contribution in [2.75, 3.05) is 11.6 Å². The van der Waals surface area contributed by atoms with Crippen LogP contribution in [0.3, 0.4) is 0 Å². The number of sulfone groups is 1. The second kappa shape index (κ2) is 3.23. The van der Waals surface area contributed by atoms with E-state index in [1.54, 1.807) is 12.1 Å². The highest BCUT2D eigenvalue weighted by Gasteiger charge is 2.36. The van der Waals surface area contributed by atoms with Gasteiger partial charge in [0.1, 0.15) is 0 Å². The number of hydrogen-bond acceptors (Lipinski definition) is 3. The maximum absolute atomic E-state index is 11.2. The van der Waals surface area contributed by atoms with E-state index < -0.39 is 9.84 Å². The zero-order valence-electron chi connectivity index (χ0n) is 8.95. The lowest BCUT2D eigenvalue weighted by molar-refractivity contribution is 0.602. The van der Waals surface area contributed by atoms with Crippen molar-refractivity contribution >= 4 is 15.5 Å². The summed E-state index contributed by atoms with van der Waals surface area (Å²) in [5, 5.41) is 3.38. The highest BCUT2D eigenvalue weighted by Crippen LogP contribution is 2.38. The quantitative estimate of drug-likeness (QED) is 0.856. The van der Waals surface area contributed by atoms with Crippen LogP contribution in [0.15, 0.2) is 29.2 Å². The first-order valence-electron chi connectivity index (χ1n) is 4.97. The summed E-state index contributed by atoms with van der Waals surface area (Å²) in [6.45, 7) is 2.16. The minimum absolute atomic E-state index is 0.229. The van der Waals surface area contributed by atoms with Crippen LogP contribution in [-0.4, -0.2) is 20.2 Å². The molecule has 82 valence electrons. The van der Waals surface area contributed by atoms with Crippen molar-refractivity contribution in [3.05, 3.63) is 24.3 Å². The Kier molecular flexibility index (Phi) is 2.26. The van der Waals surface area contributed by atoms with E-state index in [0.717, 1.165) is 5.69 Å². The molecule has 0 atom stereocenters. The minimum atomic E-state index is -3.08. The molecule has 0 radical (unpaired) electrons. The van der Waals surface area contributed by atoms with Crippen LogP contribution in [0.5, 0.6) is 0 Å². The van der Waals surface area contributed by atoms with Crippen molar-refractivity contribution in [3.63, 3.8) is 0 Å². The summed E-state index contributed by atoms with van der Waals surface area (Å²) in [5.41, 5.74) is 1.22. The minimum Gasteiger partial charge on any atom is -0.380 e. The maximum Gasteiger partial charge on any atom is 0.175 e. The fraction of sp³-hybridized carbons (Fsp3) is 0.455. The van der Waals surface area contributed by atoms with Crippen molar-refractivity contribution in [1.82, 2.24) is 0 Å². The first-order valence-corrected chi connectivity index (χ1v) is 6.87. The Bertz CT molecular complexity index is 458. The third-order valence-corrected chi connectivity index (χ3v) is 3.86. The van der Waals surface area contributed by atoms with E-state index in [2.05, 4.69) is 12.2 Å². The first kappa shape index (κ1) is 10.5. The maximum atomic E-state index is 11.2. The number of benzene rings is 1. The molecule has 1 aliphatic rings. The molecule has 0 saturated heterocycles. The summed E-state index contributed by atoms with van der Waals surface area (Å²) in [7, 11) is -3.08. The summed E-state index contributed by atoms with van der Waals surface area (Å²) < 4.78 is 22.4. The van der Waals surface area contributed by atoms with E-state index in [0.29, 0.717) is 4.90 Å². The van der Waals surface area contributed by atoms with E-state index >= 15 is 0 Å². The molecule has 1 fully saturated rings. The number of anilines is 1. The third kappa shape index (κ3) is 2.50. The average molecular weight is 225 g/mol. The Labute approximate surface area is 90.4 Å². The summed E-state index contributed by atoms with van der Waals surface area (Å²) >= 11 is 0. The average Bonchev–Trinajstić information content (AvgIpc) is 2.82. The van der Waals surface area contributed by atoms with Crippen molar-refractivity contribution in [3.8, 4) is 0 Å². The van der Waals surface area contributed by atoms with Crippen molar-refractivity contribution in [1.29, 1.82) is 0 Å². The lowest BCUT2D eigenvalue weighted by atomic mass is 10.2. The normalized spacial score (nSPS) is 18.5. The van der Waals surface area contributed by atoms with Crippen LogP contribution in [0, 0.1) is 0 Å². The highest BCUT2D eigenvalue weighted by atomic mass is 32.2. The van der Waals surface area contributed by atoms with Gasteiger partial charge in [-0.25, -0.2) is 8.42 Å². The molecule has 1 saturated carbocycles. The predicted octanol–water partition coefficient (Wildman–Crippen LogP) is 2.05. The topological polar surface area (TPSA) is 46.2 Å². The molecule has 4 heteroatoms. The smallest absolute Gasteiger partial charge is 0.175 e. The largest absolute Gasteiger partial charge is 0.380 e. The molecule has 0 amide bonds. The molecule has 1 aromatic rings. The van der Waals surface area contributed by atoms with E-state index in [1.807, 2.05) is 12.1 Å². The van der Waals surface area contributed by atoms with E-state index in [1.165, 1.54) is 19.1 Å². The van der Waals surface area contributed by atoms with Crippen LogP contribution in [0.1, 0.15) is 19.8 Å². The van der Waals surface area contributed by atoms with Crippen LogP contribution in [0.2, 0.25) is 0 Å². The van der Waals surface area contributed by atoms with Crippen molar-refractivity contribution in [2.45, 2.75) is 30.2 Å². The molecule has 0 bridgehead atoms. The lowest BCUT2D eigenvalue weighted by Gasteiger charge is -2.13. The Morgan fingerprint density at radius 3 is 2.13 bits per heavy atom. The molecule has 1 aromatic carbocycles. The van der Waals surface area contributed by atoms with Gasteiger partial charge in [0.15, 0.2) is 9.84 Å². The molecule has 0 aliphatic heterocycles. The molecule has 0 unspecified atom stereocenters. The van der Waals surface area contributed by atoms with Gasteiger partial charge in [-0.1, -0.05) is 0 Å². The fourth-order valence-electron chi connectivity index (χ4n) is 1.45. The summed E-state index contributed by atoms with van der Waals surface area (Å²) in [4.78, 5) is 0.369. The van der Waals surface area contributed by atoms with Gasteiger partial charge in [-0.05, 0) is 44.0 Å². The molecule has 15 heavy (non-hydrogen) atoms. The van der Waals surface area contributed by atoms with E-state index in [4.69, 9.17) is 0 Å². The fourth-order valence-corrected chi connectivity index (χ4v) is 2.08. The molecule has 3 nitrogen and oxygen atoms in total. The van der Waals surface area contributed by atoms with Gasteiger partial charge in [0.25, 0.3) is 0 Å². The number of rotatable bonds is 3. The standard InChI is InChI=1S/C11H15NO2S/c1-11(7-8-11)12-9-3-5-10(6-4-9)15(2,13)14/h3-6,12H,7-8H2,1-2H3. The Morgan fingerprint density at radius 2 is 1.73 bits per heavy atom. The van der Waals surface area contributed by atoms with Gasteiger partial charge in [-0.15, -0.1) is 0 Å². The SMILES string of the molecule is CC1(Nc2ccc(S(C)(=O)=O)cc2)CC1. The number of hydrogen-bond donors (Lipinski definition) is 1. The van der Waals surface area contributed by atoms with Gasteiger partial charge < -0.3 is 5.32 Å². The Hall–Kier alpha value is -1.03. The van der Waals surface area contributed by atoms with Gasteiger partial charge in [0.05, 0.1) is 4.90 Å². The summed E-state index contributed by atoms with van der Waals surface area (Å²) in [5.74, 6) is 0. The molecule has 1 N–H and O–H groups in total. The Balaban J connectivity index is 2.17. The molecular weight excluding hydrogens is 210 g/mol. The van der Waals surface area contributed by atoms with Gasteiger partial charge in [-0.2, -0.15) is 0 Å². The van der Waals surface area contributed by atoms with Crippen molar-refractivity contribution < 1.29 is 8.42 Å². The van der Waals surface area contributed by atoms with E-state index in [-0.39, 0.29) is 5.54 Å². The molecule has 0 aromatic heterocycles. The van der Waals surface area contributed by atoms with Gasteiger partial charge >= 0.3 is 0 Å². The van der Waals surface area contributed by atoms with Crippen LogP contribution in [0.25, 0.3) is 0 Å². The van der Waals surface area contributed by atoms with Gasteiger partial charge in [0, 0.05) is 17.5 Å².